The van der Waals surface area contributed by atoms with Gasteiger partial charge in [-0.2, -0.15) is 0 Å². The minimum atomic E-state index is -1.26. The molecule has 2 unspecified atom stereocenters. The van der Waals surface area contributed by atoms with Crippen LogP contribution in [0.25, 0.3) is 22.3 Å². The van der Waals surface area contributed by atoms with E-state index in [1.165, 1.54) is 12.3 Å². The molecular formula is C24H29ClFN5O4. The second kappa shape index (κ2) is 8.35. The fourth-order valence-electron chi connectivity index (χ4n) is 4.84. The molecule has 2 bridgehead atoms. The Morgan fingerprint density at radius 1 is 1.31 bits per heavy atom. The first-order valence-electron chi connectivity index (χ1n) is 11.6. The van der Waals surface area contributed by atoms with E-state index in [4.69, 9.17) is 21.1 Å². The van der Waals surface area contributed by atoms with Gasteiger partial charge in [0.15, 0.2) is 12.1 Å². The summed E-state index contributed by atoms with van der Waals surface area (Å²) in [6.07, 6.45) is 0.327. The van der Waals surface area contributed by atoms with Crippen LogP contribution in [0.5, 0.6) is 0 Å². The summed E-state index contributed by atoms with van der Waals surface area (Å²) >= 11 is 6.44. The van der Waals surface area contributed by atoms with Gasteiger partial charge in [0.1, 0.15) is 23.0 Å². The van der Waals surface area contributed by atoms with Crippen LogP contribution in [0, 0.1) is 5.82 Å². The molecule has 2 aromatic heterocycles. The molecule has 4 atom stereocenters. The van der Waals surface area contributed by atoms with Gasteiger partial charge in [0.25, 0.3) is 0 Å². The van der Waals surface area contributed by atoms with Crippen LogP contribution in [-0.4, -0.2) is 60.4 Å². The molecule has 0 spiro atoms. The number of imidazole rings is 1. The molecule has 2 aliphatic rings. The van der Waals surface area contributed by atoms with E-state index in [9.17, 15) is 10.2 Å². The highest BCUT2D eigenvalue weighted by Gasteiger charge is 2.50. The zero-order valence-electron chi connectivity index (χ0n) is 20.2. The Morgan fingerprint density at radius 2 is 2.06 bits per heavy atom. The number of aromatic nitrogens is 4. The third-order valence-corrected chi connectivity index (χ3v) is 6.72. The van der Waals surface area contributed by atoms with Crippen molar-refractivity contribution in [2.24, 2.45) is 0 Å². The predicted molar refractivity (Wildman–Crippen MR) is 129 cm³/mol. The van der Waals surface area contributed by atoms with Gasteiger partial charge in [-0.3, -0.25) is 0 Å². The summed E-state index contributed by atoms with van der Waals surface area (Å²) in [5.41, 5.74) is -0.298. The van der Waals surface area contributed by atoms with E-state index in [0.29, 0.717) is 35.6 Å². The Kier molecular flexibility index (Phi) is 5.80. The molecule has 0 amide bonds. The number of hydrogen-bond donors (Lipinski definition) is 3. The maximum atomic E-state index is 15.2. The van der Waals surface area contributed by atoms with Crippen molar-refractivity contribution in [3.05, 3.63) is 35.0 Å². The van der Waals surface area contributed by atoms with Gasteiger partial charge in [-0.25, -0.2) is 19.3 Å². The summed E-state index contributed by atoms with van der Waals surface area (Å²) in [6.45, 7) is 9.45. The molecule has 2 saturated heterocycles. The van der Waals surface area contributed by atoms with E-state index in [1.54, 1.807) is 19.9 Å². The SMILES string of the molecule is CC(C)n1c(C(C)(C)O)nc2c(F)cc(-c3nc(NC4CC5(C)CO[C@H](O5)[C@H]4O)ncc3Cl)cc21. The van der Waals surface area contributed by atoms with Crippen molar-refractivity contribution < 1.29 is 24.1 Å². The minimum Gasteiger partial charge on any atom is -0.386 e. The lowest BCUT2D eigenvalue weighted by atomic mass is 9.92. The summed E-state index contributed by atoms with van der Waals surface area (Å²) in [4.78, 5) is 13.2. The quantitative estimate of drug-likeness (QED) is 0.480. The topological polar surface area (TPSA) is 115 Å². The highest BCUT2D eigenvalue weighted by Crippen LogP contribution is 2.38. The van der Waals surface area contributed by atoms with Crippen molar-refractivity contribution in [2.75, 3.05) is 11.9 Å². The Balaban J connectivity index is 1.55. The number of nitrogens with zero attached hydrogens (tertiary/aromatic N) is 4. The molecule has 0 radical (unpaired) electrons. The number of aliphatic hydroxyl groups excluding tert-OH is 1. The van der Waals surface area contributed by atoms with Crippen molar-refractivity contribution >= 4 is 28.6 Å². The van der Waals surface area contributed by atoms with Crippen LogP contribution >= 0.6 is 11.6 Å². The zero-order valence-corrected chi connectivity index (χ0v) is 21.0. The first-order valence-corrected chi connectivity index (χ1v) is 12.0. The van der Waals surface area contributed by atoms with Crippen molar-refractivity contribution in [1.29, 1.82) is 0 Å². The van der Waals surface area contributed by atoms with E-state index in [-0.39, 0.29) is 22.5 Å². The van der Waals surface area contributed by atoms with Crippen LogP contribution in [0.2, 0.25) is 5.02 Å². The number of halogens is 2. The van der Waals surface area contributed by atoms with Crippen molar-refractivity contribution in [2.45, 2.75) is 76.7 Å². The fourth-order valence-corrected chi connectivity index (χ4v) is 5.04. The van der Waals surface area contributed by atoms with Gasteiger partial charge < -0.3 is 29.6 Å². The van der Waals surface area contributed by atoms with Crippen LogP contribution in [-0.2, 0) is 15.1 Å². The highest BCUT2D eigenvalue weighted by molar-refractivity contribution is 6.33. The standard InChI is InChI=1S/C24H29ClFN5O4/c1-11(2)31-16-7-12(6-14(26)18(16)29-21(31)23(3,4)33)17-13(25)9-27-22(30-17)28-15-8-24(5)10-34-20(35-24)19(15)32/h6-7,9,11,15,19-20,32-33H,8,10H2,1-5H3,(H,27,28,30)/t15?,19-,20+,24?/m0/s1. The average Bonchev–Trinajstić information content (AvgIpc) is 3.32. The molecule has 9 nitrogen and oxygen atoms in total. The minimum absolute atomic E-state index is 0.0804. The van der Waals surface area contributed by atoms with Gasteiger partial charge >= 0.3 is 0 Å². The molecule has 0 aliphatic carbocycles. The molecule has 3 aromatic rings. The van der Waals surface area contributed by atoms with Gasteiger partial charge in [-0.15, -0.1) is 0 Å². The lowest BCUT2D eigenvalue weighted by Crippen LogP contribution is -2.51. The van der Waals surface area contributed by atoms with Crippen LogP contribution in [0.1, 0.15) is 52.9 Å². The molecule has 2 fully saturated rings. The zero-order chi connectivity index (χ0) is 25.3. The van der Waals surface area contributed by atoms with Gasteiger partial charge in [-0.1, -0.05) is 11.6 Å². The molecule has 35 heavy (non-hydrogen) atoms. The van der Waals surface area contributed by atoms with Crippen molar-refractivity contribution in [1.82, 2.24) is 19.5 Å². The average molecular weight is 506 g/mol. The highest BCUT2D eigenvalue weighted by atomic mass is 35.5. The van der Waals surface area contributed by atoms with Gasteiger partial charge in [0, 0.05) is 18.0 Å². The van der Waals surface area contributed by atoms with E-state index in [2.05, 4.69) is 20.3 Å². The van der Waals surface area contributed by atoms with E-state index >= 15 is 4.39 Å². The van der Waals surface area contributed by atoms with Crippen molar-refractivity contribution in [3.8, 4) is 11.3 Å². The number of benzene rings is 1. The molecule has 11 heteroatoms. The number of ether oxygens (including phenoxy) is 2. The number of fused-ring (bicyclic) bond motifs is 3. The summed E-state index contributed by atoms with van der Waals surface area (Å²) in [6, 6.07) is 2.61. The molecule has 4 heterocycles. The van der Waals surface area contributed by atoms with E-state index < -0.39 is 35.5 Å². The van der Waals surface area contributed by atoms with Crippen molar-refractivity contribution in [3.63, 3.8) is 0 Å². The molecular weight excluding hydrogens is 477 g/mol. The fraction of sp³-hybridized carbons (Fsp3) is 0.542. The number of nitrogens with one attached hydrogen (secondary N) is 1. The molecule has 3 N–H and O–H groups in total. The number of aliphatic hydroxyl groups is 2. The maximum Gasteiger partial charge on any atom is 0.223 e. The largest absolute Gasteiger partial charge is 0.386 e. The number of anilines is 1. The first-order chi connectivity index (χ1) is 16.4. The molecule has 1 aromatic carbocycles. The van der Waals surface area contributed by atoms with Gasteiger partial charge in [0.2, 0.25) is 5.95 Å². The Labute approximate surface area is 207 Å². The molecule has 5 rings (SSSR count). The summed E-state index contributed by atoms with van der Waals surface area (Å²) < 4.78 is 28.3. The second-order valence-corrected chi connectivity index (χ2v) is 10.8. The Hall–Kier alpha value is -2.37. The summed E-state index contributed by atoms with van der Waals surface area (Å²) in [5.74, 6) is 0.0648. The van der Waals surface area contributed by atoms with Crippen LogP contribution in [0.4, 0.5) is 10.3 Å². The molecule has 0 saturated carbocycles. The smallest absolute Gasteiger partial charge is 0.223 e. The van der Waals surface area contributed by atoms with E-state index in [1.807, 2.05) is 25.3 Å². The monoisotopic (exact) mass is 505 g/mol. The summed E-state index contributed by atoms with van der Waals surface area (Å²) in [7, 11) is 0. The normalized spacial score (nSPS) is 26.6. The van der Waals surface area contributed by atoms with Crippen LogP contribution in [0.3, 0.4) is 0 Å². The number of hydrogen-bond acceptors (Lipinski definition) is 8. The number of rotatable bonds is 5. The van der Waals surface area contributed by atoms with Gasteiger partial charge in [0.05, 0.1) is 40.7 Å². The predicted octanol–water partition coefficient (Wildman–Crippen LogP) is 3.77. The molecule has 188 valence electrons. The Bertz CT molecular complexity index is 1290. The van der Waals surface area contributed by atoms with Gasteiger partial charge in [-0.05, 0) is 46.8 Å². The summed E-state index contributed by atoms with van der Waals surface area (Å²) in [5, 5.41) is 24.6. The Morgan fingerprint density at radius 3 is 2.74 bits per heavy atom. The lowest BCUT2D eigenvalue weighted by Gasteiger charge is -2.37. The van der Waals surface area contributed by atoms with Crippen LogP contribution in [0.15, 0.2) is 18.3 Å². The van der Waals surface area contributed by atoms with E-state index in [0.717, 1.165) is 0 Å². The molecule has 2 aliphatic heterocycles. The lowest BCUT2D eigenvalue weighted by molar-refractivity contribution is -0.179. The third-order valence-electron chi connectivity index (χ3n) is 6.44. The first kappa shape index (κ1) is 24.3. The maximum absolute atomic E-state index is 15.2. The third kappa shape index (κ3) is 4.27. The second-order valence-electron chi connectivity index (χ2n) is 10.4. The van der Waals surface area contributed by atoms with Crippen LogP contribution < -0.4 is 5.32 Å².